The molecule has 2 rings (SSSR count). The van der Waals surface area contributed by atoms with Crippen LogP contribution in [0.3, 0.4) is 0 Å². The molecule has 13 heteroatoms. The highest BCUT2D eigenvalue weighted by atomic mass is 16.4. The standard InChI is InChI=1S/C23H37N5O8/c1-13(2)11-14(24)20(32)26-15(7-8-19(30)31)22(34)28-10-3-5-16(28)21(33)25-12-18(29)27-9-4-6-17(27)23(35)36/h13-17H,3-12,24H2,1-2H3,(H,25,33)(H,26,32)(H,30,31)(H,35,36)/t14-,15-,16-,17-/m0/s1. The number of carbonyl (C=O) groups excluding carboxylic acids is 4. The third-order valence-corrected chi connectivity index (χ3v) is 6.43. The number of nitrogens with two attached hydrogens (primary N) is 1. The molecule has 0 aromatic carbocycles. The first-order valence-electron chi connectivity index (χ1n) is 12.3. The first-order chi connectivity index (χ1) is 16.9. The van der Waals surface area contributed by atoms with E-state index in [0.717, 1.165) is 0 Å². The smallest absolute Gasteiger partial charge is 0.326 e. The van der Waals surface area contributed by atoms with Crippen molar-refractivity contribution in [2.75, 3.05) is 19.6 Å². The number of hydrogen-bond donors (Lipinski definition) is 5. The fourth-order valence-corrected chi connectivity index (χ4v) is 4.63. The van der Waals surface area contributed by atoms with Crippen LogP contribution in [0.5, 0.6) is 0 Å². The van der Waals surface area contributed by atoms with Crippen molar-refractivity contribution in [3.8, 4) is 0 Å². The molecule has 4 amide bonds. The fourth-order valence-electron chi connectivity index (χ4n) is 4.63. The minimum atomic E-state index is -1.16. The lowest BCUT2D eigenvalue weighted by Gasteiger charge is -2.29. The van der Waals surface area contributed by atoms with E-state index in [9.17, 15) is 33.9 Å². The zero-order valence-corrected chi connectivity index (χ0v) is 20.8. The molecule has 0 radical (unpaired) electrons. The van der Waals surface area contributed by atoms with Crippen LogP contribution in [0.15, 0.2) is 0 Å². The average molecular weight is 512 g/mol. The maximum Gasteiger partial charge on any atom is 0.326 e. The van der Waals surface area contributed by atoms with Gasteiger partial charge < -0.3 is 36.4 Å². The van der Waals surface area contributed by atoms with Crippen molar-refractivity contribution in [3.05, 3.63) is 0 Å². The highest BCUT2D eigenvalue weighted by Gasteiger charge is 2.39. The van der Waals surface area contributed by atoms with Gasteiger partial charge in [-0.2, -0.15) is 0 Å². The lowest BCUT2D eigenvalue weighted by molar-refractivity contribution is -0.148. The zero-order valence-electron chi connectivity index (χ0n) is 20.8. The number of rotatable bonds is 12. The van der Waals surface area contributed by atoms with Crippen LogP contribution < -0.4 is 16.4 Å². The SMILES string of the molecule is CC(C)C[C@H](N)C(=O)N[C@@H](CCC(=O)O)C(=O)N1CCC[C@H]1C(=O)NCC(=O)N1CCC[C@H]1C(=O)O. The number of aliphatic carboxylic acids is 2. The molecule has 2 aliphatic rings. The van der Waals surface area contributed by atoms with Gasteiger partial charge in [-0.1, -0.05) is 13.8 Å². The van der Waals surface area contributed by atoms with Crippen LogP contribution in [-0.4, -0.2) is 99.4 Å². The molecule has 36 heavy (non-hydrogen) atoms. The summed E-state index contributed by atoms with van der Waals surface area (Å²) in [5, 5.41) is 23.4. The monoisotopic (exact) mass is 511 g/mol. The van der Waals surface area contributed by atoms with Gasteiger partial charge in [-0.15, -0.1) is 0 Å². The van der Waals surface area contributed by atoms with Crippen LogP contribution in [0.25, 0.3) is 0 Å². The number of carboxylic acids is 2. The predicted molar refractivity (Wildman–Crippen MR) is 126 cm³/mol. The normalized spacial score (nSPS) is 21.2. The van der Waals surface area contributed by atoms with Crippen molar-refractivity contribution in [2.24, 2.45) is 11.7 Å². The summed E-state index contributed by atoms with van der Waals surface area (Å²) in [7, 11) is 0. The molecule has 0 bridgehead atoms. The molecule has 0 aromatic heterocycles. The number of amides is 4. The third-order valence-electron chi connectivity index (χ3n) is 6.43. The van der Waals surface area contributed by atoms with Gasteiger partial charge in [0.1, 0.15) is 18.1 Å². The molecule has 0 unspecified atom stereocenters. The van der Waals surface area contributed by atoms with Crippen molar-refractivity contribution in [1.82, 2.24) is 20.4 Å². The van der Waals surface area contributed by atoms with E-state index in [0.29, 0.717) is 38.6 Å². The van der Waals surface area contributed by atoms with Crippen LogP contribution in [0, 0.1) is 5.92 Å². The van der Waals surface area contributed by atoms with Gasteiger partial charge in [-0.05, 0) is 44.4 Å². The van der Waals surface area contributed by atoms with Gasteiger partial charge in [0.25, 0.3) is 0 Å². The van der Waals surface area contributed by atoms with E-state index in [1.54, 1.807) is 0 Å². The Morgan fingerprint density at radius 1 is 0.972 bits per heavy atom. The van der Waals surface area contributed by atoms with Gasteiger partial charge in [0.15, 0.2) is 0 Å². The number of likely N-dealkylation sites (tertiary alicyclic amines) is 2. The zero-order chi connectivity index (χ0) is 27.0. The van der Waals surface area contributed by atoms with Crippen LogP contribution in [0.2, 0.25) is 0 Å². The minimum absolute atomic E-state index is 0.139. The topological polar surface area (TPSA) is 199 Å². The Morgan fingerprint density at radius 2 is 1.58 bits per heavy atom. The second-order valence-corrected chi connectivity index (χ2v) is 9.72. The quantitative estimate of drug-likeness (QED) is 0.215. The first kappa shape index (κ1) is 29.0. The lowest BCUT2D eigenvalue weighted by atomic mass is 10.0. The summed E-state index contributed by atoms with van der Waals surface area (Å²) in [5.74, 6) is -4.34. The summed E-state index contributed by atoms with van der Waals surface area (Å²) >= 11 is 0. The lowest BCUT2D eigenvalue weighted by Crippen LogP contribution is -2.56. The molecule has 0 aromatic rings. The summed E-state index contributed by atoms with van der Waals surface area (Å²) in [6, 6.07) is -3.84. The van der Waals surface area contributed by atoms with Gasteiger partial charge in [0.05, 0.1) is 12.6 Å². The molecule has 4 atom stereocenters. The molecule has 0 aliphatic carbocycles. The predicted octanol–water partition coefficient (Wildman–Crippen LogP) is -1.11. The maximum atomic E-state index is 13.3. The fraction of sp³-hybridized carbons (Fsp3) is 0.739. The molecular formula is C23H37N5O8. The number of carboxylic acid groups (broad SMARTS) is 2. The van der Waals surface area contributed by atoms with Crippen LogP contribution in [0.1, 0.15) is 58.8 Å². The van der Waals surface area contributed by atoms with E-state index in [4.69, 9.17) is 10.8 Å². The van der Waals surface area contributed by atoms with Crippen molar-refractivity contribution in [2.45, 2.75) is 83.0 Å². The molecule has 2 saturated heterocycles. The summed E-state index contributed by atoms with van der Waals surface area (Å²) in [5.41, 5.74) is 5.91. The number of hydrogen-bond acceptors (Lipinski definition) is 7. The van der Waals surface area contributed by atoms with Crippen molar-refractivity contribution in [1.29, 1.82) is 0 Å². The molecular weight excluding hydrogens is 474 g/mol. The van der Waals surface area contributed by atoms with Crippen molar-refractivity contribution < 1.29 is 39.0 Å². The molecule has 13 nitrogen and oxygen atoms in total. The molecule has 202 valence electrons. The molecule has 6 N–H and O–H groups in total. The van der Waals surface area contributed by atoms with E-state index in [-0.39, 0.29) is 25.3 Å². The highest BCUT2D eigenvalue weighted by molar-refractivity contribution is 5.95. The molecule has 2 heterocycles. The van der Waals surface area contributed by atoms with Gasteiger partial charge >= 0.3 is 11.9 Å². The van der Waals surface area contributed by atoms with Crippen LogP contribution in [0.4, 0.5) is 0 Å². The Labute approximate surface area is 209 Å². The Balaban J connectivity index is 2.03. The summed E-state index contributed by atoms with van der Waals surface area (Å²) in [6.45, 7) is 3.91. The van der Waals surface area contributed by atoms with Gasteiger partial charge in [-0.3, -0.25) is 24.0 Å². The van der Waals surface area contributed by atoms with Crippen molar-refractivity contribution in [3.63, 3.8) is 0 Å². The summed E-state index contributed by atoms with van der Waals surface area (Å²) in [4.78, 5) is 76.0. The number of nitrogens with one attached hydrogen (secondary N) is 2. The van der Waals surface area contributed by atoms with Crippen molar-refractivity contribution >= 4 is 35.6 Å². The second kappa shape index (κ2) is 13.2. The largest absolute Gasteiger partial charge is 0.481 e. The Kier molecular flexibility index (Phi) is 10.6. The Bertz CT molecular complexity index is 863. The number of nitrogens with zero attached hydrogens (tertiary/aromatic N) is 2. The summed E-state index contributed by atoms with van der Waals surface area (Å²) < 4.78 is 0. The first-order valence-corrected chi connectivity index (χ1v) is 12.3. The van der Waals surface area contributed by atoms with Gasteiger partial charge in [0.2, 0.25) is 23.6 Å². The molecule has 2 fully saturated rings. The minimum Gasteiger partial charge on any atom is -0.481 e. The number of carbonyl (C=O) groups is 6. The Hall–Kier alpha value is -3.22. The van der Waals surface area contributed by atoms with Crippen LogP contribution in [-0.2, 0) is 28.8 Å². The molecule has 2 aliphatic heterocycles. The van der Waals surface area contributed by atoms with E-state index in [1.807, 2.05) is 13.8 Å². The summed E-state index contributed by atoms with van der Waals surface area (Å²) in [6.07, 6.45) is 1.61. The third kappa shape index (κ3) is 7.90. The van der Waals surface area contributed by atoms with E-state index in [1.165, 1.54) is 9.80 Å². The van der Waals surface area contributed by atoms with Gasteiger partial charge in [-0.25, -0.2) is 4.79 Å². The highest BCUT2D eigenvalue weighted by Crippen LogP contribution is 2.21. The Morgan fingerprint density at radius 3 is 2.17 bits per heavy atom. The van der Waals surface area contributed by atoms with E-state index < -0.39 is 66.3 Å². The molecule has 0 saturated carbocycles. The molecule has 0 spiro atoms. The van der Waals surface area contributed by atoms with E-state index in [2.05, 4.69) is 10.6 Å². The van der Waals surface area contributed by atoms with Crippen LogP contribution >= 0.6 is 0 Å². The second-order valence-electron chi connectivity index (χ2n) is 9.72. The maximum absolute atomic E-state index is 13.3. The van der Waals surface area contributed by atoms with Gasteiger partial charge in [0, 0.05) is 19.5 Å². The van der Waals surface area contributed by atoms with E-state index >= 15 is 0 Å². The average Bonchev–Trinajstić information content (AvgIpc) is 3.48.